The summed E-state index contributed by atoms with van der Waals surface area (Å²) >= 11 is 0. The van der Waals surface area contributed by atoms with E-state index in [0.29, 0.717) is 18.5 Å². The normalized spacial score (nSPS) is 11.9. The Hall–Kier alpha value is -1.88. The minimum atomic E-state index is -0.994. The van der Waals surface area contributed by atoms with Gasteiger partial charge in [0.2, 0.25) is 0 Å². The highest BCUT2D eigenvalue weighted by Gasteiger charge is 2.19. The number of nitrogens with one attached hydrogen (secondary N) is 1. The molecule has 20 heavy (non-hydrogen) atoms. The van der Waals surface area contributed by atoms with Gasteiger partial charge in [0.05, 0.1) is 0 Å². The minimum absolute atomic E-state index is 0.354. The van der Waals surface area contributed by atoms with E-state index in [0.717, 1.165) is 24.8 Å². The molecule has 5 nitrogen and oxygen atoms in total. The van der Waals surface area contributed by atoms with Crippen LogP contribution < -0.4 is 11.1 Å². The van der Waals surface area contributed by atoms with Gasteiger partial charge >= 0.3 is 5.97 Å². The van der Waals surface area contributed by atoms with Crippen molar-refractivity contribution in [3.05, 3.63) is 35.4 Å². The molecule has 1 atom stereocenters. The molecule has 0 aromatic heterocycles. The number of carboxylic acids is 1. The Labute approximate surface area is 119 Å². The Morgan fingerprint density at radius 3 is 2.45 bits per heavy atom. The number of carbonyl (C=O) groups excluding carboxylic acids is 1. The van der Waals surface area contributed by atoms with Gasteiger partial charge in [0.15, 0.2) is 0 Å². The first-order valence-corrected chi connectivity index (χ1v) is 6.91. The van der Waals surface area contributed by atoms with Crippen molar-refractivity contribution in [2.24, 2.45) is 5.73 Å². The van der Waals surface area contributed by atoms with E-state index in [-0.39, 0.29) is 5.91 Å². The first-order valence-electron chi connectivity index (χ1n) is 6.91. The van der Waals surface area contributed by atoms with E-state index in [1.54, 1.807) is 12.1 Å². The molecule has 0 saturated carbocycles. The molecule has 0 unspecified atom stereocenters. The minimum Gasteiger partial charge on any atom is -0.480 e. The van der Waals surface area contributed by atoms with E-state index in [1.807, 2.05) is 19.1 Å². The molecule has 4 N–H and O–H groups in total. The van der Waals surface area contributed by atoms with Crippen LogP contribution >= 0.6 is 0 Å². The summed E-state index contributed by atoms with van der Waals surface area (Å²) in [5.74, 6) is -1.35. The van der Waals surface area contributed by atoms with Crippen LogP contribution in [-0.2, 0) is 11.2 Å². The molecule has 1 rings (SSSR count). The van der Waals surface area contributed by atoms with Crippen molar-refractivity contribution in [2.75, 3.05) is 6.54 Å². The van der Waals surface area contributed by atoms with Gasteiger partial charge in [-0.3, -0.25) is 4.79 Å². The number of carbonyl (C=O) groups is 2. The van der Waals surface area contributed by atoms with E-state index in [4.69, 9.17) is 10.8 Å². The van der Waals surface area contributed by atoms with E-state index in [2.05, 4.69) is 5.32 Å². The molecule has 1 amide bonds. The number of aliphatic carboxylic acids is 1. The lowest BCUT2D eigenvalue weighted by atomic mass is 10.1. The van der Waals surface area contributed by atoms with Crippen LogP contribution in [0, 0.1) is 0 Å². The second-order valence-electron chi connectivity index (χ2n) is 4.74. The van der Waals surface area contributed by atoms with E-state index in [1.165, 1.54) is 0 Å². The van der Waals surface area contributed by atoms with Gasteiger partial charge in [-0.05, 0) is 37.1 Å². The second kappa shape index (κ2) is 8.32. The first-order chi connectivity index (χ1) is 9.58. The summed E-state index contributed by atoms with van der Waals surface area (Å²) in [7, 11) is 0. The van der Waals surface area contributed by atoms with Crippen LogP contribution in [0.3, 0.4) is 0 Å². The van der Waals surface area contributed by atoms with Crippen molar-refractivity contribution in [3.63, 3.8) is 0 Å². The van der Waals surface area contributed by atoms with Gasteiger partial charge in [-0.15, -0.1) is 0 Å². The van der Waals surface area contributed by atoms with Crippen LogP contribution in [0.5, 0.6) is 0 Å². The molecule has 0 saturated heterocycles. The first kappa shape index (κ1) is 16.2. The number of benzene rings is 1. The largest absolute Gasteiger partial charge is 0.480 e. The Balaban J connectivity index is 2.65. The fourth-order valence-corrected chi connectivity index (χ4v) is 1.90. The van der Waals surface area contributed by atoms with E-state index < -0.39 is 12.0 Å². The van der Waals surface area contributed by atoms with E-state index in [9.17, 15) is 9.59 Å². The molecule has 1 aromatic rings. The summed E-state index contributed by atoms with van der Waals surface area (Å²) < 4.78 is 0. The van der Waals surface area contributed by atoms with Gasteiger partial charge in [-0.2, -0.15) is 0 Å². The average Bonchev–Trinajstić information content (AvgIpc) is 2.44. The van der Waals surface area contributed by atoms with Gasteiger partial charge in [0.1, 0.15) is 6.04 Å². The number of carboxylic acid groups (broad SMARTS) is 1. The summed E-state index contributed by atoms with van der Waals surface area (Å²) in [6, 6.07) is 6.23. The highest BCUT2D eigenvalue weighted by atomic mass is 16.4. The zero-order valence-electron chi connectivity index (χ0n) is 11.8. The molecule has 110 valence electrons. The predicted octanol–water partition coefficient (Wildman–Crippen LogP) is 1.56. The third-order valence-electron chi connectivity index (χ3n) is 3.10. The van der Waals surface area contributed by atoms with Crippen LogP contribution in [0.1, 0.15) is 42.1 Å². The zero-order chi connectivity index (χ0) is 15.0. The third-order valence-corrected chi connectivity index (χ3v) is 3.10. The molecule has 0 radical (unpaired) electrons. The van der Waals surface area contributed by atoms with Gasteiger partial charge in [-0.1, -0.05) is 31.9 Å². The molecule has 5 heteroatoms. The molecular formula is C15H22N2O3. The summed E-state index contributed by atoms with van der Waals surface area (Å²) in [4.78, 5) is 23.1. The van der Waals surface area contributed by atoms with Crippen molar-refractivity contribution in [3.8, 4) is 0 Å². The highest BCUT2D eigenvalue weighted by molar-refractivity contribution is 5.96. The Morgan fingerprint density at radius 1 is 1.30 bits per heavy atom. The average molecular weight is 278 g/mol. The quantitative estimate of drug-likeness (QED) is 0.673. The van der Waals surface area contributed by atoms with Crippen molar-refractivity contribution in [2.45, 2.75) is 38.6 Å². The summed E-state index contributed by atoms with van der Waals surface area (Å²) in [5.41, 5.74) is 6.99. The fraction of sp³-hybridized carbons (Fsp3) is 0.467. The molecule has 0 aliphatic rings. The smallest absolute Gasteiger partial charge is 0.326 e. The van der Waals surface area contributed by atoms with Crippen molar-refractivity contribution >= 4 is 11.9 Å². The monoisotopic (exact) mass is 278 g/mol. The number of hydrogen-bond acceptors (Lipinski definition) is 3. The number of unbranched alkanes of at least 4 members (excludes halogenated alkanes) is 1. The molecule has 0 bridgehead atoms. The lowest BCUT2D eigenvalue weighted by molar-refractivity contribution is -0.139. The predicted molar refractivity (Wildman–Crippen MR) is 77.6 cm³/mol. The lowest BCUT2D eigenvalue weighted by Crippen LogP contribution is -2.40. The SMILES string of the molecule is CCCC[C@H](NC(=O)c1ccc(CCN)cc1)C(=O)O. The van der Waals surface area contributed by atoms with Crippen LogP contribution in [-0.4, -0.2) is 29.6 Å². The Bertz CT molecular complexity index is 443. The van der Waals surface area contributed by atoms with Crippen LogP contribution in [0.4, 0.5) is 0 Å². The molecule has 0 aliphatic carbocycles. The molecule has 0 fully saturated rings. The Morgan fingerprint density at radius 2 is 1.95 bits per heavy atom. The molecule has 0 heterocycles. The van der Waals surface area contributed by atoms with Crippen LogP contribution in [0.25, 0.3) is 0 Å². The maximum Gasteiger partial charge on any atom is 0.326 e. The molecule has 0 aliphatic heterocycles. The molecular weight excluding hydrogens is 256 g/mol. The molecule has 0 spiro atoms. The number of rotatable bonds is 8. The van der Waals surface area contributed by atoms with E-state index >= 15 is 0 Å². The number of hydrogen-bond donors (Lipinski definition) is 3. The zero-order valence-corrected chi connectivity index (χ0v) is 11.8. The van der Waals surface area contributed by atoms with Crippen LogP contribution in [0.15, 0.2) is 24.3 Å². The van der Waals surface area contributed by atoms with Gasteiger partial charge in [0, 0.05) is 5.56 Å². The van der Waals surface area contributed by atoms with Crippen molar-refractivity contribution in [1.29, 1.82) is 0 Å². The van der Waals surface area contributed by atoms with Crippen LogP contribution in [0.2, 0.25) is 0 Å². The summed E-state index contributed by atoms with van der Waals surface area (Å²) in [5, 5.41) is 11.6. The maximum absolute atomic E-state index is 12.0. The number of amides is 1. The van der Waals surface area contributed by atoms with Gasteiger partial charge < -0.3 is 16.2 Å². The Kier molecular flexibility index (Phi) is 6.73. The van der Waals surface area contributed by atoms with Crippen molar-refractivity contribution < 1.29 is 14.7 Å². The third kappa shape index (κ3) is 5.01. The number of nitrogens with two attached hydrogens (primary N) is 1. The maximum atomic E-state index is 12.0. The standard InChI is InChI=1S/C15H22N2O3/c1-2-3-4-13(15(19)20)17-14(18)12-7-5-11(6-8-12)9-10-16/h5-8,13H,2-4,9-10,16H2,1H3,(H,17,18)(H,19,20)/t13-/m0/s1. The van der Waals surface area contributed by atoms with Gasteiger partial charge in [0.25, 0.3) is 5.91 Å². The lowest BCUT2D eigenvalue weighted by Gasteiger charge is -2.14. The fourth-order valence-electron chi connectivity index (χ4n) is 1.90. The summed E-state index contributed by atoms with van der Waals surface area (Å²) in [6.45, 7) is 2.54. The second-order valence-corrected chi connectivity index (χ2v) is 4.74. The highest BCUT2D eigenvalue weighted by Crippen LogP contribution is 2.07. The van der Waals surface area contributed by atoms with Gasteiger partial charge in [-0.25, -0.2) is 4.79 Å². The topological polar surface area (TPSA) is 92.4 Å². The summed E-state index contributed by atoms with van der Waals surface area (Å²) in [6.07, 6.45) is 2.87. The van der Waals surface area contributed by atoms with Crippen molar-refractivity contribution in [1.82, 2.24) is 5.32 Å². The molecule has 1 aromatic carbocycles.